The molecule has 5 heteroatoms. The Balaban J connectivity index is 1.62. The molecular weight excluding hydrogens is 311 g/mol. The van der Waals surface area contributed by atoms with Gasteiger partial charge in [-0.2, -0.15) is 0 Å². The first-order valence-corrected chi connectivity index (χ1v) is 9.59. The zero-order valence-electron chi connectivity index (χ0n) is 16.1. The van der Waals surface area contributed by atoms with Gasteiger partial charge in [-0.05, 0) is 64.1 Å². The van der Waals surface area contributed by atoms with Gasteiger partial charge in [0.15, 0.2) is 0 Å². The molecule has 2 fully saturated rings. The van der Waals surface area contributed by atoms with Gasteiger partial charge in [0.2, 0.25) is 0 Å². The summed E-state index contributed by atoms with van der Waals surface area (Å²) in [7, 11) is -0.325. The van der Waals surface area contributed by atoms with Gasteiger partial charge < -0.3 is 13.9 Å². The van der Waals surface area contributed by atoms with Gasteiger partial charge in [-0.1, -0.05) is 25.8 Å². The second-order valence-electron chi connectivity index (χ2n) is 8.91. The van der Waals surface area contributed by atoms with E-state index in [4.69, 9.17) is 9.31 Å². The van der Waals surface area contributed by atoms with E-state index in [1.54, 1.807) is 0 Å². The van der Waals surface area contributed by atoms with E-state index in [-0.39, 0.29) is 18.3 Å². The zero-order chi connectivity index (χ0) is 17.8. The van der Waals surface area contributed by atoms with Crippen LogP contribution in [0.3, 0.4) is 0 Å². The summed E-state index contributed by atoms with van der Waals surface area (Å²) in [5.74, 6) is 0.806. The summed E-state index contributed by atoms with van der Waals surface area (Å²) >= 11 is 0. The molecule has 4 rings (SSSR count). The smallest absolute Gasteiger partial charge is 0.399 e. The highest BCUT2D eigenvalue weighted by molar-refractivity contribution is 6.62. The Hall–Kier alpha value is -1.33. The Morgan fingerprint density at radius 1 is 1.12 bits per heavy atom. The largest absolute Gasteiger partial charge is 0.494 e. The third-order valence-electron chi connectivity index (χ3n) is 6.43. The minimum atomic E-state index is -0.325. The molecule has 2 atom stereocenters. The van der Waals surface area contributed by atoms with E-state index < -0.39 is 0 Å². The van der Waals surface area contributed by atoms with Crippen LogP contribution in [-0.4, -0.2) is 27.9 Å². The van der Waals surface area contributed by atoms with Crippen LogP contribution in [0, 0.1) is 5.92 Å². The third-order valence-corrected chi connectivity index (χ3v) is 6.43. The molecule has 2 unspecified atom stereocenters. The van der Waals surface area contributed by atoms with Crippen LogP contribution in [0.5, 0.6) is 0 Å². The van der Waals surface area contributed by atoms with Gasteiger partial charge >= 0.3 is 7.12 Å². The normalized spacial score (nSPS) is 28.6. The van der Waals surface area contributed by atoms with Crippen LogP contribution in [-0.2, 0) is 9.31 Å². The van der Waals surface area contributed by atoms with Crippen molar-refractivity contribution in [3.05, 3.63) is 24.5 Å². The van der Waals surface area contributed by atoms with E-state index in [0.717, 1.165) is 16.9 Å². The van der Waals surface area contributed by atoms with Crippen molar-refractivity contribution in [2.75, 3.05) is 0 Å². The average molecular weight is 340 g/mol. The summed E-state index contributed by atoms with van der Waals surface area (Å²) in [5, 5.41) is 0. The van der Waals surface area contributed by atoms with Gasteiger partial charge in [0.05, 0.1) is 28.6 Å². The van der Waals surface area contributed by atoms with E-state index in [2.05, 4.69) is 62.4 Å². The predicted octanol–water partition coefficient (Wildman–Crippen LogP) is 4.09. The molecule has 0 bridgehead atoms. The molecule has 2 heterocycles. The molecule has 0 N–H and O–H groups in total. The molecule has 25 heavy (non-hydrogen) atoms. The van der Waals surface area contributed by atoms with Crippen molar-refractivity contribution in [1.82, 2.24) is 9.55 Å². The molecule has 1 saturated carbocycles. The first-order chi connectivity index (χ1) is 11.8. The van der Waals surface area contributed by atoms with Gasteiger partial charge in [0.25, 0.3) is 0 Å². The van der Waals surface area contributed by atoms with Gasteiger partial charge in [-0.3, -0.25) is 0 Å². The Morgan fingerprint density at radius 2 is 1.84 bits per heavy atom. The molecule has 134 valence electrons. The fraction of sp³-hybridized carbons (Fsp3) is 0.650. The molecule has 4 nitrogen and oxygen atoms in total. The highest BCUT2D eigenvalue weighted by atomic mass is 16.7. The topological polar surface area (TPSA) is 36.3 Å². The summed E-state index contributed by atoms with van der Waals surface area (Å²) in [6.45, 7) is 10.7. The van der Waals surface area contributed by atoms with Crippen LogP contribution in [0.25, 0.3) is 11.0 Å². The summed E-state index contributed by atoms with van der Waals surface area (Å²) in [6, 6.07) is 7.02. The van der Waals surface area contributed by atoms with Gasteiger partial charge in [0.1, 0.15) is 0 Å². The molecule has 0 radical (unpaired) electrons. The Labute approximate surface area is 151 Å². The highest BCUT2D eigenvalue weighted by Gasteiger charge is 2.51. The molecule has 0 spiro atoms. The van der Waals surface area contributed by atoms with E-state index in [1.165, 1.54) is 31.2 Å². The van der Waals surface area contributed by atoms with Crippen LogP contribution in [0.1, 0.15) is 66.3 Å². The number of fused-ring (bicyclic) bond motifs is 1. The lowest BCUT2D eigenvalue weighted by molar-refractivity contribution is 0.00578. The van der Waals surface area contributed by atoms with Gasteiger partial charge in [-0.25, -0.2) is 4.98 Å². The Bertz CT molecular complexity index is 767. The van der Waals surface area contributed by atoms with Crippen molar-refractivity contribution < 1.29 is 9.31 Å². The fourth-order valence-electron chi connectivity index (χ4n) is 4.12. The fourth-order valence-corrected chi connectivity index (χ4v) is 4.12. The Morgan fingerprint density at radius 3 is 2.52 bits per heavy atom. The van der Waals surface area contributed by atoms with E-state index >= 15 is 0 Å². The van der Waals surface area contributed by atoms with Crippen molar-refractivity contribution in [1.29, 1.82) is 0 Å². The van der Waals surface area contributed by atoms with Crippen molar-refractivity contribution in [3.8, 4) is 0 Å². The van der Waals surface area contributed by atoms with Crippen molar-refractivity contribution >= 4 is 23.6 Å². The van der Waals surface area contributed by atoms with Crippen LogP contribution >= 0.6 is 0 Å². The summed E-state index contributed by atoms with van der Waals surface area (Å²) < 4.78 is 14.7. The van der Waals surface area contributed by atoms with Crippen LogP contribution < -0.4 is 5.46 Å². The summed E-state index contributed by atoms with van der Waals surface area (Å²) in [6.07, 6.45) is 7.20. The molecule has 1 saturated heterocycles. The van der Waals surface area contributed by atoms with E-state index in [9.17, 15) is 0 Å². The number of imidazole rings is 1. The van der Waals surface area contributed by atoms with Crippen LogP contribution in [0.15, 0.2) is 24.5 Å². The first-order valence-electron chi connectivity index (χ1n) is 9.59. The lowest BCUT2D eigenvalue weighted by atomic mass is 9.79. The summed E-state index contributed by atoms with van der Waals surface area (Å²) in [4.78, 5) is 4.68. The maximum absolute atomic E-state index is 6.18. The van der Waals surface area contributed by atoms with Crippen LogP contribution in [0.4, 0.5) is 0 Å². The predicted molar refractivity (Wildman–Crippen MR) is 102 cm³/mol. The first kappa shape index (κ1) is 17.1. The van der Waals surface area contributed by atoms with Crippen molar-refractivity contribution in [3.63, 3.8) is 0 Å². The second kappa shape index (κ2) is 5.85. The maximum Gasteiger partial charge on any atom is 0.494 e. The number of benzene rings is 1. The summed E-state index contributed by atoms with van der Waals surface area (Å²) in [5.41, 5.74) is 2.67. The van der Waals surface area contributed by atoms with E-state index in [1.807, 2.05) is 6.33 Å². The molecule has 1 aliphatic heterocycles. The standard InChI is InChI=1S/C20H29BN2O2/c1-14-7-6-8-16(11-14)23-13-22-17-12-15(9-10-18(17)23)21-24-19(2,3)20(4,5)25-21/h9-10,12-14,16H,6-8,11H2,1-5H3. The Kier molecular flexibility index (Phi) is 4.00. The quantitative estimate of drug-likeness (QED) is 0.773. The molecule has 0 amide bonds. The molecular formula is C20H29BN2O2. The molecule has 1 aromatic heterocycles. The number of aromatic nitrogens is 2. The average Bonchev–Trinajstić information content (AvgIpc) is 3.05. The number of nitrogens with zero attached hydrogens (tertiary/aromatic N) is 2. The third kappa shape index (κ3) is 2.91. The van der Waals surface area contributed by atoms with Gasteiger partial charge in [-0.15, -0.1) is 0 Å². The lowest BCUT2D eigenvalue weighted by Crippen LogP contribution is -2.41. The van der Waals surface area contributed by atoms with Crippen LogP contribution in [0.2, 0.25) is 0 Å². The second-order valence-corrected chi connectivity index (χ2v) is 8.91. The lowest BCUT2D eigenvalue weighted by Gasteiger charge is -2.32. The molecule has 1 aliphatic carbocycles. The molecule has 2 aromatic rings. The molecule has 2 aliphatic rings. The maximum atomic E-state index is 6.18. The monoisotopic (exact) mass is 340 g/mol. The van der Waals surface area contributed by atoms with Gasteiger partial charge in [0, 0.05) is 6.04 Å². The molecule has 1 aromatic carbocycles. The minimum absolute atomic E-state index is 0.315. The SMILES string of the molecule is CC1CCCC(n2cnc3cc(B4OC(C)(C)C(C)(C)O4)ccc32)C1. The highest BCUT2D eigenvalue weighted by Crippen LogP contribution is 2.37. The zero-order valence-corrected chi connectivity index (χ0v) is 16.1. The number of hydrogen-bond acceptors (Lipinski definition) is 3. The van der Waals surface area contributed by atoms with Crippen molar-refractivity contribution in [2.24, 2.45) is 5.92 Å². The van der Waals surface area contributed by atoms with Crippen molar-refractivity contribution in [2.45, 2.75) is 77.5 Å². The number of rotatable bonds is 2. The minimum Gasteiger partial charge on any atom is -0.399 e. The number of hydrogen-bond donors (Lipinski definition) is 0. The van der Waals surface area contributed by atoms with E-state index in [0.29, 0.717) is 6.04 Å².